The van der Waals surface area contributed by atoms with Gasteiger partial charge in [0, 0.05) is 11.8 Å². The Balaban J connectivity index is 1.90. The third-order valence-electron chi connectivity index (χ3n) is 6.68. The first-order chi connectivity index (χ1) is 14.0. The number of phenolic OH excluding ortho intramolecular Hbond substituents is 2. The molecule has 0 heterocycles. The highest BCUT2D eigenvalue weighted by Crippen LogP contribution is 2.59. The summed E-state index contributed by atoms with van der Waals surface area (Å²) in [5.41, 5.74) is 6.31. The molecule has 2 heteroatoms. The van der Waals surface area contributed by atoms with Crippen LogP contribution in [0, 0.1) is 19.8 Å². The van der Waals surface area contributed by atoms with Gasteiger partial charge in [0.15, 0.2) is 0 Å². The first-order valence-corrected chi connectivity index (χ1v) is 10.1. The van der Waals surface area contributed by atoms with Crippen molar-refractivity contribution in [3.63, 3.8) is 0 Å². The van der Waals surface area contributed by atoms with Crippen LogP contribution in [0.1, 0.15) is 39.3 Å². The predicted molar refractivity (Wildman–Crippen MR) is 117 cm³/mol. The Hall–Kier alpha value is -3.26. The molecule has 2 aliphatic carbocycles. The Morgan fingerprint density at radius 1 is 0.724 bits per heavy atom. The molecule has 2 unspecified atom stereocenters. The summed E-state index contributed by atoms with van der Waals surface area (Å²) in [5.74, 6) is 1.14. The number of allylic oxidation sites excluding steroid dienone is 4. The van der Waals surface area contributed by atoms with E-state index in [1.54, 1.807) is 12.1 Å². The van der Waals surface area contributed by atoms with Crippen LogP contribution < -0.4 is 0 Å². The minimum Gasteiger partial charge on any atom is -0.508 e. The molecule has 0 aliphatic heterocycles. The van der Waals surface area contributed by atoms with Crippen molar-refractivity contribution in [3.05, 3.63) is 118 Å². The molecule has 0 fully saturated rings. The summed E-state index contributed by atoms with van der Waals surface area (Å²) in [6.45, 7) is 3.90. The van der Waals surface area contributed by atoms with Crippen LogP contribution in [-0.4, -0.2) is 10.2 Å². The van der Waals surface area contributed by atoms with E-state index in [1.807, 2.05) is 13.8 Å². The fourth-order valence-electron chi connectivity index (χ4n) is 5.31. The molecule has 0 saturated heterocycles. The van der Waals surface area contributed by atoms with Gasteiger partial charge >= 0.3 is 0 Å². The van der Waals surface area contributed by atoms with Crippen LogP contribution in [0.25, 0.3) is 0 Å². The molecule has 2 atom stereocenters. The second-order valence-electron chi connectivity index (χ2n) is 8.22. The normalized spacial score (nSPS) is 21.0. The van der Waals surface area contributed by atoms with Crippen molar-refractivity contribution in [3.8, 4) is 11.5 Å². The number of phenols is 2. The van der Waals surface area contributed by atoms with E-state index in [4.69, 9.17) is 0 Å². The Morgan fingerprint density at radius 2 is 1.31 bits per heavy atom. The fraction of sp³-hybridized carbons (Fsp3) is 0.185. The van der Waals surface area contributed by atoms with Gasteiger partial charge in [-0.1, -0.05) is 72.8 Å². The number of rotatable bonds is 2. The third kappa shape index (κ3) is 2.42. The smallest absolute Gasteiger partial charge is 0.118 e. The summed E-state index contributed by atoms with van der Waals surface area (Å²) in [4.78, 5) is 0. The molecule has 0 spiro atoms. The zero-order valence-corrected chi connectivity index (χ0v) is 16.6. The van der Waals surface area contributed by atoms with Crippen LogP contribution in [0.3, 0.4) is 0 Å². The summed E-state index contributed by atoms with van der Waals surface area (Å²) in [6, 6.07) is 20.6. The zero-order chi connectivity index (χ0) is 20.2. The molecule has 0 saturated carbocycles. The zero-order valence-electron chi connectivity index (χ0n) is 16.6. The molecule has 0 amide bonds. The molecular weight excluding hydrogens is 356 g/mol. The van der Waals surface area contributed by atoms with Gasteiger partial charge in [-0.3, -0.25) is 0 Å². The highest BCUT2D eigenvalue weighted by atomic mass is 16.3. The van der Waals surface area contributed by atoms with Crippen molar-refractivity contribution < 1.29 is 10.2 Å². The van der Waals surface area contributed by atoms with Crippen molar-refractivity contribution in [1.82, 2.24) is 0 Å². The topological polar surface area (TPSA) is 40.5 Å². The van der Waals surface area contributed by atoms with Gasteiger partial charge in [-0.15, -0.1) is 0 Å². The molecule has 2 aliphatic rings. The van der Waals surface area contributed by atoms with E-state index in [1.165, 1.54) is 11.1 Å². The lowest BCUT2D eigenvalue weighted by molar-refractivity contribution is 0.447. The van der Waals surface area contributed by atoms with Gasteiger partial charge in [0.2, 0.25) is 0 Å². The lowest BCUT2D eigenvalue weighted by atomic mass is 9.63. The van der Waals surface area contributed by atoms with E-state index < -0.39 is 0 Å². The molecule has 3 aromatic rings. The monoisotopic (exact) mass is 380 g/mol. The van der Waals surface area contributed by atoms with Gasteiger partial charge < -0.3 is 10.2 Å². The molecule has 0 radical (unpaired) electrons. The number of fused-ring (bicyclic) bond motifs is 3. The van der Waals surface area contributed by atoms with Gasteiger partial charge in [-0.2, -0.15) is 0 Å². The second kappa shape index (κ2) is 6.38. The fourth-order valence-corrected chi connectivity index (χ4v) is 5.31. The maximum atomic E-state index is 10.2. The van der Waals surface area contributed by atoms with E-state index >= 15 is 0 Å². The average Bonchev–Trinajstić information content (AvgIpc) is 3.04. The molecule has 5 rings (SSSR count). The molecule has 29 heavy (non-hydrogen) atoms. The Labute approximate surface area is 171 Å². The molecule has 0 aromatic heterocycles. The summed E-state index contributed by atoms with van der Waals surface area (Å²) < 4.78 is 0. The number of hydrogen-bond donors (Lipinski definition) is 2. The van der Waals surface area contributed by atoms with Crippen LogP contribution in [0.4, 0.5) is 0 Å². The van der Waals surface area contributed by atoms with Crippen molar-refractivity contribution in [1.29, 1.82) is 0 Å². The largest absolute Gasteiger partial charge is 0.508 e. The Bertz CT molecular complexity index is 1120. The minimum atomic E-state index is -0.389. The summed E-state index contributed by atoms with van der Waals surface area (Å²) in [6.07, 6.45) is 8.89. The first-order valence-electron chi connectivity index (χ1n) is 10.1. The SMILES string of the molecule is Cc1cc(C2(c3ccc(O)c(C)c3)c3ccccc3C3C=CC=CC32)ccc1O. The number of aromatic hydroxyl groups is 2. The van der Waals surface area contributed by atoms with E-state index in [9.17, 15) is 10.2 Å². The van der Waals surface area contributed by atoms with Gasteiger partial charge in [0.05, 0.1) is 5.41 Å². The second-order valence-corrected chi connectivity index (χ2v) is 8.22. The van der Waals surface area contributed by atoms with Crippen LogP contribution in [0.2, 0.25) is 0 Å². The van der Waals surface area contributed by atoms with Gasteiger partial charge in [-0.25, -0.2) is 0 Å². The summed E-state index contributed by atoms with van der Waals surface area (Å²) in [5, 5.41) is 20.4. The molecule has 0 bridgehead atoms. The van der Waals surface area contributed by atoms with Crippen molar-refractivity contribution in [2.75, 3.05) is 0 Å². The maximum absolute atomic E-state index is 10.2. The average molecular weight is 380 g/mol. The van der Waals surface area contributed by atoms with Gasteiger partial charge in [0.1, 0.15) is 11.5 Å². The van der Waals surface area contributed by atoms with E-state index in [2.05, 4.69) is 72.8 Å². The lowest BCUT2D eigenvalue weighted by Gasteiger charge is -2.39. The number of aryl methyl sites for hydroxylation is 2. The standard InChI is InChI=1S/C27H24O2/c1-17-15-19(11-13-25(17)28)27(20-12-14-26(29)18(2)16-20)23-9-5-3-7-21(23)22-8-4-6-10-24(22)27/h3-16,21,23,28-29H,1-2H3. The van der Waals surface area contributed by atoms with Crippen molar-refractivity contribution >= 4 is 0 Å². The van der Waals surface area contributed by atoms with Crippen LogP contribution in [-0.2, 0) is 5.41 Å². The Morgan fingerprint density at radius 3 is 1.93 bits per heavy atom. The van der Waals surface area contributed by atoms with Crippen molar-refractivity contribution in [2.45, 2.75) is 25.2 Å². The van der Waals surface area contributed by atoms with Crippen molar-refractivity contribution in [2.24, 2.45) is 5.92 Å². The first kappa shape index (κ1) is 17.8. The minimum absolute atomic E-state index is 0.220. The van der Waals surface area contributed by atoms with Gasteiger partial charge in [0.25, 0.3) is 0 Å². The molecule has 3 aromatic carbocycles. The summed E-state index contributed by atoms with van der Waals surface area (Å²) in [7, 11) is 0. The maximum Gasteiger partial charge on any atom is 0.118 e. The molecule has 2 N–H and O–H groups in total. The van der Waals surface area contributed by atoms with E-state index in [0.717, 1.165) is 22.3 Å². The molecule has 144 valence electrons. The Kier molecular flexibility index (Phi) is 3.92. The summed E-state index contributed by atoms with van der Waals surface area (Å²) >= 11 is 0. The van der Waals surface area contributed by atoms with E-state index in [-0.39, 0.29) is 11.3 Å². The number of benzene rings is 3. The van der Waals surface area contributed by atoms with Crippen LogP contribution in [0.15, 0.2) is 85.0 Å². The molecular formula is C27H24O2. The quantitative estimate of drug-likeness (QED) is 0.582. The van der Waals surface area contributed by atoms with Gasteiger partial charge in [-0.05, 0) is 59.4 Å². The number of hydrogen-bond acceptors (Lipinski definition) is 2. The highest BCUT2D eigenvalue weighted by Gasteiger charge is 2.52. The van der Waals surface area contributed by atoms with E-state index in [0.29, 0.717) is 17.4 Å². The molecule has 2 nitrogen and oxygen atoms in total. The highest BCUT2D eigenvalue weighted by molar-refractivity contribution is 5.64. The third-order valence-corrected chi connectivity index (χ3v) is 6.68. The lowest BCUT2D eigenvalue weighted by Crippen LogP contribution is -2.35. The predicted octanol–water partition coefficient (Wildman–Crippen LogP) is 5.89. The van der Waals surface area contributed by atoms with Crippen LogP contribution in [0.5, 0.6) is 11.5 Å². The van der Waals surface area contributed by atoms with Crippen LogP contribution >= 0.6 is 0 Å².